The van der Waals surface area contributed by atoms with Crippen molar-refractivity contribution in [2.75, 3.05) is 11.9 Å². The van der Waals surface area contributed by atoms with Crippen molar-refractivity contribution in [3.05, 3.63) is 63.1 Å². The van der Waals surface area contributed by atoms with Gasteiger partial charge in [0.2, 0.25) is 0 Å². The second kappa shape index (κ2) is 6.60. The fourth-order valence-corrected chi connectivity index (χ4v) is 3.69. The number of carbonyl (C=O) groups is 1. The van der Waals surface area contributed by atoms with E-state index in [1.165, 1.54) is 13.0 Å². The van der Waals surface area contributed by atoms with Crippen molar-refractivity contribution in [2.24, 2.45) is 0 Å². The van der Waals surface area contributed by atoms with E-state index in [4.69, 9.17) is 0 Å². The molecule has 3 rings (SSSR count). The van der Waals surface area contributed by atoms with Crippen molar-refractivity contribution >= 4 is 38.7 Å². The summed E-state index contributed by atoms with van der Waals surface area (Å²) in [4.78, 5) is 29.0. The standard InChI is InChI=1S/C18H17N3O3S/c1-11(18-19-14-6-4-5-7-17(14)25-18)20(3)15-9-8-13(12(2)22)10-16(15)21(23)24/h4-11H,1-3H3/t11-/m0/s1. The highest BCUT2D eigenvalue weighted by Gasteiger charge is 2.24. The summed E-state index contributed by atoms with van der Waals surface area (Å²) in [5.74, 6) is -0.198. The topological polar surface area (TPSA) is 76.3 Å². The molecule has 0 aliphatic heterocycles. The van der Waals surface area contributed by atoms with E-state index in [2.05, 4.69) is 4.98 Å². The fourth-order valence-electron chi connectivity index (χ4n) is 2.63. The number of Topliss-reactive ketones (excluding diaryl/α,β-unsaturated/α-hetero) is 1. The molecule has 6 nitrogen and oxygen atoms in total. The number of anilines is 1. The molecule has 128 valence electrons. The lowest BCUT2D eigenvalue weighted by Gasteiger charge is -2.25. The molecule has 0 spiro atoms. The van der Waals surface area contributed by atoms with Crippen molar-refractivity contribution in [1.82, 2.24) is 4.98 Å². The lowest BCUT2D eigenvalue weighted by Crippen LogP contribution is -2.22. The predicted octanol–water partition coefficient (Wildman–Crippen LogP) is 4.60. The summed E-state index contributed by atoms with van der Waals surface area (Å²) in [5, 5.41) is 12.3. The number of para-hydroxylation sites is 1. The number of nitro benzene ring substituents is 1. The number of nitrogens with zero attached hydrogens (tertiary/aromatic N) is 3. The Kier molecular flexibility index (Phi) is 4.50. The summed E-state index contributed by atoms with van der Waals surface area (Å²) < 4.78 is 1.08. The maximum Gasteiger partial charge on any atom is 0.293 e. The van der Waals surface area contributed by atoms with Gasteiger partial charge in [-0.3, -0.25) is 14.9 Å². The number of ketones is 1. The zero-order valence-electron chi connectivity index (χ0n) is 14.1. The van der Waals surface area contributed by atoms with Crippen LogP contribution in [0.15, 0.2) is 42.5 Å². The molecule has 1 heterocycles. The summed E-state index contributed by atoms with van der Waals surface area (Å²) in [6.07, 6.45) is 0. The van der Waals surface area contributed by atoms with Gasteiger partial charge < -0.3 is 4.90 Å². The molecule has 0 radical (unpaired) electrons. The smallest absolute Gasteiger partial charge is 0.293 e. The first-order valence-electron chi connectivity index (χ1n) is 7.76. The van der Waals surface area contributed by atoms with Gasteiger partial charge in [-0.1, -0.05) is 12.1 Å². The number of carbonyl (C=O) groups excluding carboxylic acids is 1. The van der Waals surface area contributed by atoms with Crippen molar-refractivity contribution in [2.45, 2.75) is 19.9 Å². The van der Waals surface area contributed by atoms with E-state index in [1.54, 1.807) is 30.5 Å². The molecule has 0 aliphatic rings. The molecule has 0 N–H and O–H groups in total. The SMILES string of the molecule is CC(=O)c1ccc(N(C)[C@@H](C)c2nc3ccccc3s2)c([N+](=O)[O-])c1. The van der Waals surface area contributed by atoms with Crippen LogP contribution in [0.2, 0.25) is 0 Å². The van der Waals surface area contributed by atoms with Gasteiger partial charge in [0.1, 0.15) is 10.7 Å². The minimum atomic E-state index is -0.455. The third kappa shape index (κ3) is 3.23. The van der Waals surface area contributed by atoms with Gasteiger partial charge in [-0.05, 0) is 38.1 Å². The number of hydrogen-bond acceptors (Lipinski definition) is 6. The second-order valence-electron chi connectivity index (χ2n) is 5.82. The summed E-state index contributed by atoms with van der Waals surface area (Å²) in [7, 11) is 1.80. The van der Waals surface area contributed by atoms with Gasteiger partial charge in [-0.25, -0.2) is 4.98 Å². The third-order valence-electron chi connectivity index (χ3n) is 4.21. The average Bonchev–Trinajstić information content (AvgIpc) is 3.03. The Morgan fingerprint density at radius 1 is 1.28 bits per heavy atom. The Labute approximate surface area is 148 Å². The van der Waals surface area contributed by atoms with Crippen LogP contribution in [0.4, 0.5) is 11.4 Å². The monoisotopic (exact) mass is 355 g/mol. The minimum absolute atomic E-state index is 0.0804. The largest absolute Gasteiger partial charge is 0.360 e. The van der Waals surface area contributed by atoms with Gasteiger partial charge in [0.15, 0.2) is 5.78 Å². The molecule has 7 heteroatoms. The first-order chi connectivity index (χ1) is 11.9. The van der Waals surface area contributed by atoms with E-state index < -0.39 is 4.92 Å². The van der Waals surface area contributed by atoms with Gasteiger partial charge in [-0.15, -0.1) is 11.3 Å². The molecule has 0 saturated carbocycles. The molecular weight excluding hydrogens is 338 g/mol. The van der Waals surface area contributed by atoms with Crippen LogP contribution in [0, 0.1) is 10.1 Å². The fraction of sp³-hybridized carbons (Fsp3) is 0.222. The second-order valence-corrected chi connectivity index (χ2v) is 6.89. The van der Waals surface area contributed by atoms with Crippen LogP contribution in [0.5, 0.6) is 0 Å². The van der Waals surface area contributed by atoms with Crippen molar-refractivity contribution in [3.8, 4) is 0 Å². The zero-order chi connectivity index (χ0) is 18.1. The first-order valence-corrected chi connectivity index (χ1v) is 8.58. The Morgan fingerprint density at radius 2 is 2.00 bits per heavy atom. The zero-order valence-corrected chi connectivity index (χ0v) is 14.9. The molecule has 0 unspecified atom stereocenters. The lowest BCUT2D eigenvalue weighted by molar-refractivity contribution is -0.384. The van der Waals surface area contributed by atoms with Crippen LogP contribution < -0.4 is 4.90 Å². The third-order valence-corrected chi connectivity index (χ3v) is 5.41. The van der Waals surface area contributed by atoms with Gasteiger partial charge in [0, 0.05) is 18.7 Å². The Balaban J connectivity index is 2.00. The highest BCUT2D eigenvalue weighted by Crippen LogP contribution is 2.36. The van der Waals surface area contributed by atoms with Crippen LogP contribution in [-0.4, -0.2) is 22.7 Å². The normalized spacial score (nSPS) is 12.1. The van der Waals surface area contributed by atoms with Crippen LogP contribution in [0.25, 0.3) is 10.2 Å². The Bertz CT molecular complexity index is 934. The molecule has 0 amide bonds. The van der Waals surface area contributed by atoms with E-state index in [0.29, 0.717) is 11.3 Å². The molecular formula is C18H17N3O3S. The van der Waals surface area contributed by atoms with Crippen molar-refractivity contribution in [1.29, 1.82) is 0 Å². The highest BCUT2D eigenvalue weighted by atomic mass is 32.1. The number of benzene rings is 2. The summed E-state index contributed by atoms with van der Waals surface area (Å²) in [6.45, 7) is 3.35. The predicted molar refractivity (Wildman–Crippen MR) is 99.5 cm³/mol. The molecule has 0 aliphatic carbocycles. The van der Waals surface area contributed by atoms with E-state index in [1.807, 2.05) is 36.1 Å². The summed E-state index contributed by atoms with van der Waals surface area (Å²) >= 11 is 1.57. The molecule has 3 aromatic rings. The number of fused-ring (bicyclic) bond motifs is 1. The number of nitro groups is 1. The van der Waals surface area contributed by atoms with Crippen LogP contribution in [0.3, 0.4) is 0 Å². The first kappa shape index (κ1) is 17.0. The van der Waals surface area contributed by atoms with Crippen molar-refractivity contribution in [3.63, 3.8) is 0 Å². The summed E-state index contributed by atoms with van der Waals surface area (Å²) in [6, 6.07) is 12.3. The summed E-state index contributed by atoms with van der Waals surface area (Å²) in [5.41, 5.74) is 1.63. The van der Waals surface area contributed by atoms with Crippen LogP contribution in [0.1, 0.15) is 35.3 Å². The number of aromatic nitrogens is 1. The quantitative estimate of drug-likeness (QED) is 0.380. The van der Waals surface area contributed by atoms with Crippen LogP contribution >= 0.6 is 11.3 Å². The molecule has 1 atom stereocenters. The molecule has 0 fully saturated rings. The van der Waals surface area contributed by atoms with Gasteiger partial charge in [0.25, 0.3) is 5.69 Å². The lowest BCUT2D eigenvalue weighted by atomic mass is 10.1. The van der Waals surface area contributed by atoms with Gasteiger partial charge >= 0.3 is 0 Å². The number of thiazole rings is 1. The minimum Gasteiger partial charge on any atom is -0.360 e. The number of rotatable bonds is 5. The van der Waals surface area contributed by atoms with Crippen LogP contribution in [-0.2, 0) is 0 Å². The molecule has 2 aromatic carbocycles. The molecule has 0 saturated heterocycles. The molecule has 1 aromatic heterocycles. The van der Waals surface area contributed by atoms with Crippen molar-refractivity contribution < 1.29 is 9.72 Å². The van der Waals surface area contributed by atoms with E-state index >= 15 is 0 Å². The van der Waals surface area contributed by atoms with E-state index in [-0.39, 0.29) is 17.5 Å². The maximum absolute atomic E-state index is 11.5. The molecule has 0 bridgehead atoms. The molecule has 25 heavy (non-hydrogen) atoms. The van der Waals surface area contributed by atoms with Gasteiger partial charge in [0.05, 0.1) is 21.2 Å². The Hall–Kier alpha value is -2.80. The highest BCUT2D eigenvalue weighted by molar-refractivity contribution is 7.18. The average molecular weight is 355 g/mol. The Morgan fingerprint density at radius 3 is 2.64 bits per heavy atom. The van der Waals surface area contributed by atoms with E-state index in [9.17, 15) is 14.9 Å². The van der Waals surface area contributed by atoms with Gasteiger partial charge in [-0.2, -0.15) is 0 Å². The van der Waals surface area contributed by atoms with E-state index in [0.717, 1.165) is 15.2 Å². The number of hydrogen-bond donors (Lipinski definition) is 0. The maximum atomic E-state index is 11.5.